The van der Waals surface area contributed by atoms with Crippen LogP contribution >= 0.6 is 23.2 Å². The van der Waals surface area contributed by atoms with Crippen LogP contribution in [0.15, 0.2) is 24.5 Å². The van der Waals surface area contributed by atoms with Crippen LogP contribution in [0.4, 0.5) is 0 Å². The first-order valence-electron chi connectivity index (χ1n) is 6.75. The minimum Gasteiger partial charge on any atom is -0.334 e. The summed E-state index contributed by atoms with van der Waals surface area (Å²) in [6, 6.07) is 3.69. The van der Waals surface area contributed by atoms with Crippen LogP contribution in [0, 0.1) is 0 Å². The fraction of sp³-hybridized carbons (Fsp3) is 0.200. The van der Waals surface area contributed by atoms with E-state index in [1.165, 1.54) is 0 Å². The smallest absolute Gasteiger partial charge is 0.139 e. The standard InChI is InChI=1S/C15H14Cl2N4O/c1-18-8-12-13(9-6-19-20-7-9)10-2-3-11(16)14(17)15(10)21(12)4-5-22/h2-3,5-7,18H,4,8H2,1H3,(H,19,20). The van der Waals surface area contributed by atoms with Crippen LogP contribution in [0.1, 0.15) is 5.69 Å². The molecule has 0 aliphatic rings. The molecule has 22 heavy (non-hydrogen) atoms. The lowest BCUT2D eigenvalue weighted by atomic mass is 10.1. The van der Waals surface area contributed by atoms with Crippen LogP contribution in [0.25, 0.3) is 22.0 Å². The summed E-state index contributed by atoms with van der Waals surface area (Å²) in [5, 5.41) is 11.8. The van der Waals surface area contributed by atoms with Gasteiger partial charge in [0, 0.05) is 34.9 Å². The Balaban J connectivity index is 2.44. The van der Waals surface area contributed by atoms with E-state index in [-0.39, 0.29) is 6.54 Å². The van der Waals surface area contributed by atoms with E-state index in [2.05, 4.69) is 15.5 Å². The Morgan fingerprint density at radius 3 is 2.86 bits per heavy atom. The van der Waals surface area contributed by atoms with Crippen molar-refractivity contribution in [3.8, 4) is 11.1 Å². The van der Waals surface area contributed by atoms with Crippen molar-refractivity contribution in [3.05, 3.63) is 40.3 Å². The number of aromatic nitrogens is 3. The van der Waals surface area contributed by atoms with Crippen molar-refractivity contribution in [1.29, 1.82) is 0 Å². The lowest BCUT2D eigenvalue weighted by Crippen LogP contribution is -2.13. The van der Waals surface area contributed by atoms with Gasteiger partial charge in [-0.15, -0.1) is 0 Å². The van der Waals surface area contributed by atoms with Gasteiger partial charge < -0.3 is 14.7 Å². The summed E-state index contributed by atoms with van der Waals surface area (Å²) < 4.78 is 1.90. The monoisotopic (exact) mass is 336 g/mol. The minimum atomic E-state index is 0.214. The molecule has 114 valence electrons. The number of aromatic amines is 1. The number of halogens is 2. The molecular formula is C15H14Cl2N4O. The number of carbonyl (C=O) groups is 1. The number of nitrogens with one attached hydrogen (secondary N) is 2. The molecule has 0 fully saturated rings. The summed E-state index contributed by atoms with van der Waals surface area (Å²) in [6.07, 6.45) is 4.43. The summed E-state index contributed by atoms with van der Waals surface area (Å²) in [4.78, 5) is 11.1. The van der Waals surface area contributed by atoms with Crippen molar-refractivity contribution in [2.45, 2.75) is 13.1 Å². The largest absolute Gasteiger partial charge is 0.334 e. The highest BCUT2D eigenvalue weighted by atomic mass is 35.5. The number of hydrogen-bond acceptors (Lipinski definition) is 3. The molecule has 0 unspecified atom stereocenters. The van der Waals surface area contributed by atoms with Gasteiger partial charge >= 0.3 is 0 Å². The molecule has 0 aliphatic heterocycles. The lowest BCUT2D eigenvalue weighted by Gasteiger charge is -2.09. The second-order valence-corrected chi connectivity index (χ2v) is 5.66. The summed E-state index contributed by atoms with van der Waals surface area (Å²) in [5.74, 6) is 0. The Kier molecular flexibility index (Phi) is 4.20. The second-order valence-electron chi connectivity index (χ2n) is 4.87. The highest BCUT2D eigenvalue weighted by molar-refractivity contribution is 6.45. The average molecular weight is 337 g/mol. The predicted molar refractivity (Wildman–Crippen MR) is 88.4 cm³/mol. The molecule has 0 spiro atoms. The number of hydrogen-bond donors (Lipinski definition) is 2. The molecule has 0 saturated heterocycles. The molecule has 3 aromatic rings. The first kappa shape index (κ1) is 15.1. The first-order chi connectivity index (χ1) is 10.7. The fourth-order valence-corrected chi connectivity index (χ4v) is 3.19. The highest BCUT2D eigenvalue weighted by Crippen LogP contribution is 2.40. The molecule has 0 bridgehead atoms. The number of H-pyrrole nitrogens is 1. The number of rotatable bonds is 5. The number of benzene rings is 1. The van der Waals surface area contributed by atoms with E-state index in [1.807, 2.05) is 23.9 Å². The van der Waals surface area contributed by atoms with Gasteiger partial charge in [0.05, 0.1) is 28.3 Å². The van der Waals surface area contributed by atoms with Crippen molar-refractivity contribution in [2.75, 3.05) is 7.05 Å². The topological polar surface area (TPSA) is 62.7 Å². The molecule has 5 nitrogen and oxygen atoms in total. The van der Waals surface area contributed by atoms with Gasteiger partial charge in [0.15, 0.2) is 0 Å². The first-order valence-corrected chi connectivity index (χ1v) is 7.51. The highest BCUT2D eigenvalue weighted by Gasteiger charge is 2.21. The molecule has 0 aliphatic carbocycles. The lowest BCUT2D eigenvalue weighted by molar-refractivity contribution is -0.108. The third-order valence-electron chi connectivity index (χ3n) is 3.61. The molecular weight excluding hydrogens is 323 g/mol. The van der Waals surface area contributed by atoms with E-state index in [4.69, 9.17) is 23.2 Å². The van der Waals surface area contributed by atoms with Crippen LogP contribution in [-0.4, -0.2) is 28.1 Å². The van der Waals surface area contributed by atoms with Crippen molar-refractivity contribution >= 4 is 40.4 Å². The Morgan fingerprint density at radius 2 is 2.23 bits per heavy atom. The Bertz CT molecular complexity index is 824. The third kappa shape index (κ3) is 2.31. The zero-order valence-electron chi connectivity index (χ0n) is 11.9. The van der Waals surface area contributed by atoms with Crippen molar-refractivity contribution in [2.24, 2.45) is 0 Å². The maximum Gasteiger partial charge on any atom is 0.139 e. The summed E-state index contributed by atoms with van der Waals surface area (Å²) in [6.45, 7) is 0.808. The summed E-state index contributed by atoms with van der Waals surface area (Å²) in [5.41, 5.74) is 3.68. The van der Waals surface area contributed by atoms with Crippen LogP contribution in [0.2, 0.25) is 10.0 Å². The SMILES string of the molecule is CNCc1c(-c2cn[nH]c2)c2ccc(Cl)c(Cl)c2n1CC=O. The number of aldehydes is 1. The Morgan fingerprint density at radius 1 is 1.41 bits per heavy atom. The molecule has 0 saturated carbocycles. The van der Waals surface area contributed by atoms with Gasteiger partial charge in [-0.05, 0) is 13.1 Å². The van der Waals surface area contributed by atoms with Gasteiger partial charge in [-0.3, -0.25) is 5.10 Å². The van der Waals surface area contributed by atoms with Gasteiger partial charge in [-0.1, -0.05) is 29.3 Å². The molecule has 0 atom stereocenters. The van der Waals surface area contributed by atoms with E-state index in [9.17, 15) is 4.79 Å². The van der Waals surface area contributed by atoms with Crippen LogP contribution in [0.3, 0.4) is 0 Å². The molecule has 0 radical (unpaired) electrons. The van der Waals surface area contributed by atoms with Crippen LogP contribution < -0.4 is 5.32 Å². The molecule has 1 aromatic carbocycles. The zero-order chi connectivity index (χ0) is 15.7. The van der Waals surface area contributed by atoms with Crippen molar-refractivity contribution in [1.82, 2.24) is 20.1 Å². The van der Waals surface area contributed by atoms with Crippen LogP contribution in [0.5, 0.6) is 0 Å². The fourth-order valence-electron chi connectivity index (χ4n) is 2.77. The van der Waals surface area contributed by atoms with Crippen molar-refractivity contribution < 1.29 is 4.79 Å². The molecule has 7 heteroatoms. The summed E-state index contributed by atoms with van der Waals surface area (Å²) in [7, 11) is 1.86. The van der Waals surface area contributed by atoms with Gasteiger partial charge in [0.2, 0.25) is 0 Å². The summed E-state index contributed by atoms with van der Waals surface area (Å²) >= 11 is 12.6. The zero-order valence-corrected chi connectivity index (χ0v) is 13.4. The van der Waals surface area contributed by atoms with E-state index in [0.717, 1.165) is 34.0 Å². The quantitative estimate of drug-likeness (QED) is 0.703. The Labute approximate surface area is 137 Å². The van der Waals surface area contributed by atoms with E-state index in [0.29, 0.717) is 16.6 Å². The van der Waals surface area contributed by atoms with Crippen LogP contribution in [-0.2, 0) is 17.9 Å². The van der Waals surface area contributed by atoms with Crippen molar-refractivity contribution in [3.63, 3.8) is 0 Å². The van der Waals surface area contributed by atoms with E-state index >= 15 is 0 Å². The van der Waals surface area contributed by atoms with E-state index in [1.54, 1.807) is 12.3 Å². The van der Waals surface area contributed by atoms with Gasteiger partial charge in [-0.25, -0.2) is 0 Å². The van der Waals surface area contributed by atoms with Gasteiger partial charge in [-0.2, -0.15) is 5.10 Å². The maximum absolute atomic E-state index is 11.1. The average Bonchev–Trinajstić information content (AvgIpc) is 3.11. The molecule has 0 amide bonds. The molecule has 2 heterocycles. The number of fused-ring (bicyclic) bond motifs is 1. The van der Waals surface area contributed by atoms with Gasteiger partial charge in [0.25, 0.3) is 0 Å². The normalized spacial score (nSPS) is 11.2. The Hall–Kier alpha value is -1.82. The number of carbonyl (C=O) groups excluding carboxylic acids is 1. The third-order valence-corrected chi connectivity index (χ3v) is 4.41. The molecule has 2 aromatic heterocycles. The molecule has 3 rings (SSSR count). The number of nitrogens with zero attached hydrogens (tertiary/aromatic N) is 2. The maximum atomic E-state index is 11.1. The second kappa shape index (κ2) is 6.12. The predicted octanol–water partition coefficient (Wildman–Crippen LogP) is 3.26. The van der Waals surface area contributed by atoms with Gasteiger partial charge in [0.1, 0.15) is 6.29 Å². The minimum absolute atomic E-state index is 0.214. The molecule has 2 N–H and O–H groups in total. The van der Waals surface area contributed by atoms with E-state index < -0.39 is 0 Å².